The first-order valence-corrected chi connectivity index (χ1v) is 11.0. The highest BCUT2D eigenvalue weighted by Gasteiger charge is 2.35. The van der Waals surface area contributed by atoms with E-state index < -0.39 is 6.04 Å². The molecule has 0 bridgehead atoms. The van der Waals surface area contributed by atoms with E-state index in [2.05, 4.69) is 4.98 Å². The Kier molecular flexibility index (Phi) is 6.18. The van der Waals surface area contributed by atoms with Gasteiger partial charge in [-0.3, -0.25) is 9.78 Å². The number of benzene rings is 1. The minimum Gasteiger partial charge on any atom is -0.464 e. The van der Waals surface area contributed by atoms with E-state index in [1.54, 1.807) is 41.5 Å². The van der Waals surface area contributed by atoms with E-state index in [0.29, 0.717) is 31.6 Å². The van der Waals surface area contributed by atoms with Gasteiger partial charge in [0, 0.05) is 41.4 Å². The fraction of sp³-hybridized carbons (Fsp3) is 0.304. The topological polar surface area (TPSA) is 72.4 Å². The number of rotatable bonds is 6. The molecule has 0 aliphatic carbocycles. The second-order valence-electron chi connectivity index (χ2n) is 7.11. The quantitative estimate of drug-likeness (QED) is 0.563. The lowest BCUT2D eigenvalue weighted by atomic mass is 10.1. The fourth-order valence-electron chi connectivity index (χ4n) is 3.62. The Labute approximate surface area is 179 Å². The van der Waals surface area contributed by atoms with E-state index in [-0.39, 0.29) is 11.9 Å². The summed E-state index contributed by atoms with van der Waals surface area (Å²) in [4.78, 5) is 35.7. The van der Waals surface area contributed by atoms with Crippen LogP contribution in [0.1, 0.15) is 40.8 Å². The van der Waals surface area contributed by atoms with Crippen molar-refractivity contribution in [1.82, 2.24) is 14.9 Å². The third-order valence-corrected chi connectivity index (χ3v) is 5.96. The normalized spacial score (nSPS) is 15.9. The van der Waals surface area contributed by atoms with Gasteiger partial charge in [0.1, 0.15) is 6.04 Å². The zero-order valence-electron chi connectivity index (χ0n) is 16.8. The van der Waals surface area contributed by atoms with Gasteiger partial charge in [0.05, 0.1) is 17.3 Å². The van der Waals surface area contributed by atoms with Gasteiger partial charge in [-0.05, 0) is 44.0 Å². The summed E-state index contributed by atoms with van der Waals surface area (Å²) in [5.74, 6) is -0.450. The zero-order valence-corrected chi connectivity index (χ0v) is 17.6. The van der Waals surface area contributed by atoms with Crippen LogP contribution in [-0.4, -0.2) is 45.9 Å². The van der Waals surface area contributed by atoms with Gasteiger partial charge in [0.15, 0.2) is 0 Å². The average Bonchev–Trinajstić information content (AvgIpc) is 3.44. The third-order valence-electron chi connectivity index (χ3n) is 5.11. The van der Waals surface area contributed by atoms with Crippen LogP contribution in [0, 0.1) is 0 Å². The predicted molar refractivity (Wildman–Crippen MR) is 115 cm³/mol. The van der Waals surface area contributed by atoms with Crippen molar-refractivity contribution in [3.63, 3.8) is 0 Å². The number of amides is 1. The van der Waals surface area contributed by atoms with Crippen molar-refractivity contribution < 1.29 is 14.3 Å². The minimum absolute atomic E-state index is 0.133. The van der Waals surface area contributed by atoms with Gasteiger partial charge in [-0.1, -0.05) is 18.2 Å². The number of hydrogen-bond acceptors (Lipinski definition) is 6. The van der Waals surface area contributed by atoms with Crippen LogP contribution < -0.4 is 0 Å². The second-order valence-corrected chi connectivity index (χ2v) is 8.05. The lowest BCUT2D eigenvalue weighted by Crippen LogP contribution is -2.41. The van der Waals surface area contributed by atoms with Crippen LogP contribution in [0.4, 0.5) is 0 Å². The van der Waals surface area contributed by atoms with Crippen LogP contribution in [0.3, 0.4) is 0 Å². The van der Waals surface area contributed by atoms with Gasteiger partial charge >= 0.3 is 5.97 Å². The van der Waals surface area contributed by atoms with E-state index in [1.807, 2.05) is 35.7 Å². The molecule has 1 aromatic carbocycles. The van der Waals surface area contributed by atoms with Crippen molar-refractivity contribution in [2.75, 3.05) is 13.2 Å². The summed E-state index contributed by atoms with van der Waals surface area (Å²) >= 11 is 1.60. The molecule has 4 rings (SSSR count). The Morgan fingerprint density at radius 2 is 2.03 bits per heavy atom. The van der Waals surface area contributed by atoms with Gasteiger partial charge in [-0.15, -0.1) is 11.3 Å². The molecule has 1 saturated heterocycles. The summed E-state index contributed by atoms with van der Waals surface area (Å²) in [5.41, 5.74) is 3.40. The fourth-order valence-corrected chi connectivity index (χ4v) is 4.44. The highest BCUT2D eigenvalue weighted by molar-refractivity contribution is 7.10. The smallest absolute Gasteiger partial charge is 0.328 e. The number of ether oxygens (including phenoxy) is 1. The van der Waals surface area contributed by atoms with Gasteiger partial charge in [-0.25, -0.2) is 9.78 Å². The Hall–Kier alpha value is -3.06. The van der Waals surface area contributed by atoms with Crippen molar-refractivity contribution in [3.8, 4) is 11.3 Å². The summed E-state index contributed by atoms with van der Waals surface area (Å²) in [6.45, 7) is 2.67. The molecule has 7 heteroatoms. The number of aromatic nitrogens is 2. The number of carbonyl (C=O) groups excluding carboxylic acids is 2. The van der Waals surface area contributed by atoms with E-state index in [1.165, 1.54) is 0 Å². The van der Waals surface area contributed by atoms with Crippen molar-refractivity contribution in [2.24, 2.45) is 0 Å². The molecular formula is C23H23N3O3S. The molecule has 6 nitrogen and oxygen atoms in total. The number of hydrogen-bond donors (Lipinski definition) is 0. The van der Waals surface area contributed by atoms with Crippen molar-refractivity contribution in [1.29, 1.82) is 0 Å². The average molecular weight is 422 g/mol. The Balaban J connectivity index is 1.45. The summed E-state index contributed by atoms with van der Waals surface area (Å²) in [6.07, 6.45) is 3.95. The lowest BCUT2D eigenvalue weighted by Gasteiger charge is -2.23. The maximum atomic E-state index is 12.9. The van der Waals surface area contributed by atoms with E-state index in [0.717, 1.165) is 28.4 Å². The molecule has 1 amide bonds. The number of nitrogens with zero attached hydrogens (tertiary/aromatic N) is 3. The maximum absolute atomic E-state index is 12.9. The number of likely N-dealkylation sites (tertiary alicyclic amines) is 1. The summed E-state index contributed by atoms with van der Waals surface area (Å²) in [7, 11) is 0. The molecule has 0 radical (unpaired) electrons. The van der Waals surface area contributed by atoms with Crippen LogP contribution in [0.15, 0.2) is 54.0 Å². The molecule has 1 aliphatic rings. The van der Waals surface area contributed by atoms with Crippen molar-refractivity contribution >= 4 is 23.2 Å². The lowest BCUT2D eigenvalue weighted by molar-refractivity contribution is -0.147. The van der Waals surface area contributed by atoms with Crippen LogP contribution in [0.25, 0.3) is 11.3 Å². The Morgan fingerprint density at radius 1 is 1.20 bits per heavy atom. The van der Waals surface area contributed by atoms with Gasteiger partial charge in [0.25, 0.3) is 5.91 Å². The van der Waals surface area contributed by atoms with Crippen LogP contribution in [0.5, 0.6) is 0 Å². The largest absolute Gasteiger partial charge is 0.464 e. The first-order valence-electron chi connectivity index (χ1n) is 10.1. The monoisotopic (exact) mass is 421 g/mol. The molecule has 2 aromatic heterocycles. The minimum atomic E-state index is -0.482. The summed E-state index contributed by atoms with van der Waals surface area (Å²) in [5, 5.41) is 3.02. The number of pyridine rings is 1. The molecule has 0 unspecified atom stereocenters. The van der Waals surface area contributed by atoms with E-state index in [9.17, 15) is 9.59 Å². The molecule has 1 atom stereocenters. The molecule has 3 heterocycles. The summed E-state index contributed by atoms with van der Waals surface area (Å²) < 4.78 is 5.12. The van der Waals surface area contributed by atoms with Gasteiger partial charge < -0.3 is 9.64 Å². The SMILES string of the molecule is CCOC(=O)[C@@H]1CCCN1C(=O)c1ccc(-c2csc(Cc3ccccn3)n2)cc1. The predicted octanol–water partition coefficient (Wildman–Crippen LogP) is 3.96. The van der Waals surface area contributed by atoms with Gasteiger partial charge in [-0.2, -0.15) is 0 Å². The van der Waals surface area contributed by atoms with Crippen LogP contribution >= 0.6 is 11.3 Å². The molecular weight excluding hydrogens is 398 g/mol. The number of carbonyl (C=O) groups is 2. The molecule has 30 heavy (non-hydrogen) atoms. The number of esters is 1. The molecule has 3 aromatic rings. The number of thiazole rings is 1. The van der Waals surface area contributed by atoms with Crippen molar-refractivity contribution in [2.45, 2.75) is 32.2 Å². The second kappa shape index (κ2) is 9.17. The highest BCUT2D eigenvalue weighted by Crippen LogP contribution is 2.25. The van der Waals surface area contributed by atoms with Crippen LogP contribution in [-0.2, 0) is 16.0 Å². The zero-order chi connectivity index (χ0) is 20.9. The van der Waals surface area contributed by atoms with Crippen molar-refractivity contribution in [3.05, 3.63) is 70.3 Å². The molecule has 1 aliphatic heterocycles. The van der Waals surface area contributed by atoms with E-state index >= 15 is 0 Å². The molecule has 0 saturated carbocycles. The van der Waals surface area contributed by atoms with Gasteiger partial charge in [0.2, 0.25) is 0 Å². The van der Waals surface area contributed by atoms with E-state index in [4.69, 9.17) is 9.72 Å². The highest BCUT2D eigenvalue weighted by atomic mass is 32.1. The standard InChI is InChI=1S/C23H23N3O3S/c1-2-29-23(28)20-7-5-13-26(20)22(27)17-10-8-16(9-11-17)19-15-30-21(25-19)14-18-6-3-4-12-24-18/h3-4,6,8-12,15,20H,2,5,7,13-14H2,1H3/t20-/m0/s1. The first-order chi connectivity index (χ1) is 14.7. The molecule has 154 valence electrons. The molecule has 0 N–H and O–H groups in total. The Morgan fingerprint density at radius 3 is 2.77 bits per heavy atom. The summed E-state index contributed by atoms with van der Waals surface area (Å²) in [6, 6.07) is 12.8. The maximum Gasteiger partial charge on any atom is 0.328 e. The third kappa shape index (κ3) is 4.41. The molecule has 1 fully saturated rings. The first kappa shape index (κ1) is 20.2. The molecule has 0 spiro atoms. The van der Waals surface area contributed by atoms with Crippen LogP contribution in [0.2, 0.25) is 0 Å². The Bertz CT molecular complexity index is 1020.